The Morgan fingerprint density at radius 2 is 1.13 bits per heavy atom. The summed E-state index contributed by atoms with van der Waals surface area (Å²) >= 11 is 0. The van der Waals surface area contributed by atoms with Gasteiger partial charge in [0.25, 0.3) is 0 Å². The highest BCUT2D eigenvalue weighted by atomic mass is 127. The molecule has 0 spiro atoms. The zero-order valence-corrected chi connectivity index (χ0v) is 29.0. The summed E-state index contributed by atoms with van der Waals surface area (Å²) < 4.78 is 2.96. The Hall–Kier alpha value is -4.17. The lowest BCUT2D eigenvalue weighted by atomic mass is 10.1. The van der Waals surface area contributed by atoms with Crippen molar-refractivity contribution in [1.29, 1.82) is 0 Å². The number of hydrogen-bond donors (Lipinski definition) is 2. The number of benzene rings is 2. The standard InChI is InChI=1S/C17H20N4O.C13H13N3O2.C4H9N.HI/c1-13-9-14(2)11-15(10-13)17-18-12-21(19-17)8-5-16(22)20-6-3-4-7-20;1-9-5-10(2)7-11(6-9)13-14-8-16(15-13)4-3-12(17)18;1-2-4-5-3-1;/h5,8-12H,3-4,6-7H2,1-2H3;3-8H,1-2H3,(H,17,18);5H,1-4H2;1H/p-1/b8-5-;4-3-;;. The van der Waals surface area contributed by atoms with Crippen molar-refractivity contribution in [3.8, 4) is 22.8 Å². The molecule has 2 aromatic heterocycles. The summed E-state index contributed by atoms with van der Waals surface area (Å²) in [6.07, 6.45) is 13.7. The summed E-state index contributed by atoms with van der Waals surface area (Å²) in [7, 11) is 0. The molecule has 11 nitrogen and oxygen atoms in total. The van der Waals surface area contributed by atoms with Crippen LogP contribution in [0.5, 0.6) is 0 Å². The van der Waals surface area contributed by atoms with Crippen molar-refractivity contribution in [2.75, 3.05) is 26.2 Å². The first-order valence-electron chi connectivity index (χ1n) is 15.2. The fourth-order valence-electron chi connectivity index (χ4n) is 5.11. The number of halogens is 1. The number of carboxylic acid groups (broad SMARTS) is 1. The topological polar surface area (TPSA) is 131 Å². The van der Waals surface area contributed by atoms with Crippen LogP contribution in [0.4, 0.5) is 0 Å². The maximum absolute atomic E-state index is 12.0. The van der Waals surface area contributed by atoms with E-state index in [9.17, 15) is 9.59 Å². The van der Waals surface area contributed by atoms with E-state index in [1.165, 1.54) is 54.3 Å². The van der Waals surface area contributed by atoms with Gasteiger partial charge in [-0.3, -0.25) is 4.79 Å². The highest BCUT2D eigenvalue weighted by Crippen LogP contribution is 2.19. The van der Waals surface area contributed by atoms with Crippen LogP contribution in [0.15, 0.2) is 61.2 Å². The van der Waals surface area contributed by atoms with Crippen molar-refractivity contribution >= 4 is 24.3 Å². The van der Waals surface area contributed by atoms with Gasteiger partial charge in [0.2, 0.25) is 5.91 Å². The van der Waals surface area contributed by atoms with Crippen molar-refractivity contribution in [2.45, 2.75) is 53.4 Å². The molecular formula is C34H42IN8O3-. The van der Waals surface area contributed by atoms with Crippen LogP contribution < -0.4 is 29.3 Å². The van der Waals surface area contributed by atoms with E-state index in [0.717, 1.165) is 54.3 Å². The molecule has 4 heterocycles. The van der Waals surface area contributed by atoms with Gasteiger partial charge in [0.15, 0.2) is 11.6 Å². The number of hydrogen-bond acceptors (Lipinski definition) is 7. The summed E-state index contributed by atoms with van der Waals surface area (Å²) in [4.78, 5) is 32.7. The number of aryl methyl sites for hydroxylation is 4. The van der Waals surface area contributed by atoms with Crippen LogP contribution >= 0.6 is 0 Å². The summed E-state index contributed by atoms with van der Waals surface area (Å²) in [5, 5.41) is 20.3. The molecule has 2 saturated heterocycles. The van der Waals surface area contributed by atoms with Gasteiger partial charge < -0.3 is 39.3 Å². The highest BCUT2D eigenvalue weighted by Gasteiger charge is 2.15. The number of aliphatic carboxylic acids is 1. The zero-order valence-electron chi connectivity index (χ0n) is 26.9. The molecule has 0 unspecified atom stereocenters. The van der Waals surface area contributed by atoms with Crippen LogP contribution in [0.2, 0.25) is 0 Å². The summed E-state index contributed by atoms with van der Waals surface area (Å²) in [6, 6.07) is 12.3. The Balaban J connectivity index is 0.000000216. The van der Waals surface area contributed by atoms with E-state index < -0.39 is 5.97 Å². The van der Waals surface area contributed by atoms with E-state index in [0.29, 0.717) is 11.6 Å². The minimum atomic E-state index is -1.02. The van der Waals surface area contributed by atoms with Crippen molar-refractivity contribution < 1.29 is 38.7 Å². The number of likely N-dealkylation sites (tertiary alicyclic amines) is 1. The van der Waals surface area contributed by atoms with Crippen molar-refractivity contribution in [1.82, 2.24) is 39.7 Å². The predicted molar refractivity (Wildman–Crippen MR) is 176 cm³/mol. The smallest absolute Gasteiger partial charge is 0.329 e. The van der Waals surface area contributed by atoms with Gasteiger partial charge in [-0.15, -0.1) is 10.2 Å². The third-order valence-corrected chi connectivity index (χ3v) is 7.09. The van der Waals surface area contributed by atoms with Gasteiger partial charge in [-0.25, -0.2) is 24.1 Å². The van der Waals surface area contributed by atoms with Gasteiger partial charge in [-0.05, 0) is 90.7 Å². The summed E-state index contributed by atoms with van der Waals surface area (Å²) in [6.45, 7) is 12.3. The number of amides is 1. The first kappa shape index (κ1) is 36.3. The Morgan fingerprint density at radius 3 is 1.52 bits per heavy atom. The molecule has 0 atom stereocenters. The summed E-state index contributed by atoms with van der Waals surface area (Å²) in [5.41, 5.74) is 6.58. The van der Waals surface area contributed by atoms with Crippen molar-refractivity contribution in [3.63, 3.8) is 0 Å². The number of rotatable bonds is 6. The molecular weight excluding hydrogens is 695 g/mol. The fourth-order valence-corrected chi connectivity index (χ4v) is 5.11. The number of nitrogens with one attached hydrogen (secondary N) is 1. The Bertz CT molecular complexity index is 1600. The molecule has 2 aliphatic rings. The second-order valence-electron chi connectivity index (χ2n) is 11.3. The molecule has 6 rings (SSSR count). The van der Waals surface area contributed by atoms with Crippen LogP contribution in [0, 0.1) is 27.7 Å². The van der Waals surface area contributed by atoms with E-state index in [1.54, 1.807) is 23.3 Å². The zero-order chi connectivity index (χ0) is 32.2. The third kappa shape index (κ3) is 11.6. The van der Waals surface area contributed by atoms with E-state index >= 15 is 0 Å². The SMILES string of the molecule is C1CCNC1.Cc1cc(C)cc(-c2ncn(/C=C\C(=O)N3CCCC3)n2)c1.Cc1cc(C)cc(-c2ncn(/C=C\C(=O)O)n2)c1.[I-]. The van der Waals surface area contributed by atoms with Gasteiger partial charge in [0.05, 0.1) is 0 Å². The lowest BCUT2D eigenvalue weighted by Gasteiger charge is -2.11. The number of aromatic nitrogens is 6. The van der Waals surface area contributed by atoms with E-state index in [2.05, 4.69) is 63.6 Å². The van der Waals surface area contributed by atoms with Gasteiger partial charge in [0, 0.05) is 48.8 Å². The molecule has 0 bridgehead atoms. The Morgan fingerprint density at radius 1 is 0.696 bits per heavy atom. The van der Waals surface area contributed by atoms with Crippen molar-refractivity contribution in [2.24, 2.45) is 0 Å². The van der Waals surface area contributed by atoms with Crippen LogP contribution in [0.25, 0.3) is 35.2 Å². The third-order valence-electron chi connectivity index (χ3n) is 7.09. The second kappa shape index (κ2) is 18.1. The molecule has 2 aromatic carbocycles. The van der Waals surface area contributed by atoms with Crippen LogP contribution in [0.1, 0.15) is 47.9 Å². The maximum atomic E-state index is 12.0. The van der Waals surface area contributed by atoms with Gasteiger partial charge in [-0.2, -0.15) is 0 Å². The van der Waals surface area contributed by atoms with Gasteiger partial charge in [-0.1, -0.05) is 34.4 Å². The molecule has 2 aliphatic heterocycles. The first-order valence-corrected chi connectivity index (χ1v) is 15.2. The molecule has 244 valence electrons. The average molecular weight is 738 g/mol. The molecule has 0 radical (unpaired) electrons. The number of carbonyl (C=O) groups is 2. The van der Waals surface area contributed by atoms with Crippen LogP contribution in [-0.2, 0) is 9.59 Å². The number of carbonyl (C=O) groups excluding carboxylic acids is 1. The molecule has 1 amide bonds. The van der Waals surface area contributed by atoms with E-state index in [-0.39, 0.29) is 29.9 Å². The normalized spacial score (nSPS) is 14.0. The number of carboxylic acids is 1. The quantitative estimate of drug-likeness (QED) is 0.228. The molecule has 46 heavy (non-hydrogen) atoms. The van der Waals surface area contributed by atoms with Crippen LogP contribution in [-0.4, -0.2) is 77.6 Å². The van der Waals surface area contributed by atoms with E-state index in [1.807, 2.05) is 30.9 Å². The second-order valence-corrected chi connectivity index (χ2v) is 11.3. The van der Waals surface area contributed by atoms with Crippen LogP contribution in [0.3, 0.4) is 0 Å². The molecule has 4 aromatic rings. The number of nitrogens with zero attached hydrogens (tertiary/aromatic N) is 7. The predicted octanol–water partition coefficient (Wildman–Crippen LogP) is 2.15. The Kier molecular flexibility index (Phi) is 14.3. The van der Waals surface area contributed by atoms with Gasteiger partial charge >= 0.3 is 5.97 Å². The largest absolute Gasteiger partial charge is 1.00 e. The lowest BCUT2D eigenvalue weighted by molar-refractivity contribution is -0.131. The minimum absolute atomic E-state index is 0. The molecule has 0 aliphatic carbocycles. The first-order chi connectivity index (χ1) is 21.7. The lowest BCUT2D eigenvalue weighted by Crippen LogP contribution is -3.00. The molecule has 12 heteroatoms. The minimum Gasteiger partial charge on any atom is -1.00 e. The Labute approximate surface area is 287 Å². The molecule has 0 saturated carbocycles. The average Bonchev–Trinajstić information content (AvgIpc) is 3.82. The maximum Gasteiger partial charge on any atom is 0.329 e. The molecule has 2 fully saturated rings. The van der Waals surface area contributed by atoms with Gasteiger partial charge in [0.1, 0.15) is 12.7 Å². The fraction of sp³-hybridized carbons (Fsp3) is 0.353. The van der Waals surface area contributed by atoms with Crippen molar-refractivity contribution in [3.05, 3.63) is 83.5 Å². The monoisotopic (exact) mass is 737 g/mol. The highest BCUT2D eigenvalue weighted by molar-refractivity contribution is 5.90. The van der Waals surface area contributed by atoms with E-state index in [4.69, 9.17) is 5.11 Å². The summed E-state index contributed by atoms with van der Waals surface area (Å²) in [5.74, 6) is 0.279. The molecule has 2 N–H and O–H groups in total.